The number of hydrogen-bond donors (Lipinski definition) is 0. The van der Waals surface area contributed by atoms with Gasteiger partial charge in [0.25, 0.3) is 0 Å². The minimum absolute atomic E-state index is 0. The van der Waals surface area contributed by atoms with Crippen LogP contribution in [0.15, 0.2) is 48.6 Å². The van der Waals surface area contributed by atoms with Crippen molar-refractivity contribution < 1.29 is 48.7 Å². The molecular weight excluding hydrogens is 598 g/mol. The maximum atomic E-state index is 3.67. The molecule has 4 rings (SSSR count). The number of halogens is 2. The quantitative estimate of drug-likeness (QED) is 0.262. The molecule has 0 bridgehead atoms. The molecule has 0 spiro atoms. The van der Waals surface area contributed by atoms with Crippen LogP contribution in [0.1, 0.15) is 84.1 Å². The van der Waals surface area contributed by atoms with Gasteiger partial charge in [0.2, 0.25) is 0 Å². The topological polar surface area (TPSA) is 0 Å². The van der Waals surface area contributed by atoms with E-state index < -0.39 is 0 Å². The Morgan fingerprint density at radius 1 is 0.875 bits per heavy atom. The third-order valence-corrected chi connectivity index (χ3v) is 5.05. The maximum absolute atomic E-state index is 3.67. The average molecular weight is 634 g/mol. The summed E-state index contributed by atoms with van der Waals surface area (Å²) in [6.07, 6.45) is 11.0. The van der Waals surface area contributed by atoms with Crippen LogP contribution in [-0.2, 0) is 41.1 Å². The Hall–Kier alpha value is -0.760. The van der Waals surface area contributed by atoms with Crippen molar-refractivity contribution in [1.29, 1.82) is 0 Å². The summed E-state index contributed by atoms with van der Waals surface area (Å²) in [5, 5.41) is 0. The first-order chi connectivity index (χ1) is 13.9. The summed E-state index contributed by atoms with van der Waals surface area (Å²) >= 11 is 1.27. The van der Waals surface area contributed by atoms with Crippen LogP contribution in [0.2, 0.25) is 0 Å². The van der Waals surface area contributed by atoms with Gasteiger partial charge in [-0.2, -0.15) is 29.8 Å². The van der Waals surface area contributed by atoms with Gasteiger partial charge in [0, 0.05) is 0 Å². The predicted octanol–water partition coefficient (Wildman–Crippen LogP) is 1.71. The van der Waals surface area contributed by atoms with Crippen molar-refractivity contribution in [2.75, 3.05) is 0 Å². The monoisotopic (exact) mass is 634 g/mol. The van der Waals surface area contributed by atoms with Gasteiger partial charge in [-0.15, -0.1) is 17.5 Å². The van der Waals surface area contributed by atoms with E-state index in [4.69, 9.17) is 0 Å². The molecule has 2 aliphatic carbocycles. The number of rotatable bonds is 0. The molecule has 0 saturated carbocycles. The Bertz CT molecular complexity index is 879. The molecule has 172 valence electrons. The molecule has 0 nitrogen and oxygen atoms in total. The fourth-order valence-electron chi connectivity index (χ4n) is 3.37. The van der Waals surface area contributed by atoms with Crippen molar-refractivity contribution in [3.05, 3.63) is 83.0 Å². The molecule has 0 aliphatic heterocycles. The molecule has 2 aliphatic rings. The smallest absolute Gasteiger partial charge is 0.109 e. The molecule has 0 amide bonds. The average Bonchev–Trinajstić information content (AvgIpc) is 3.30. The van der Waals surface area contributed by atoms with Gasteiger partial charge in [0.15, 0.2) is 0 Å². The molecule has 0 fully saturated rings. The number of hydrogen-bond acceptors (Lipinski definition) is 0. The molecule has 0 N–H and O–H groups in total. The Balaban J connectivity index is 0.000000739. The van der Waals surface area contributed by atoms with E-state index >= 15 is 0 Å². The Labute approximate surface area is 223 Å². The fraction of sp³-hybridized carbons (Fsp3) is 0.414. The fourth-order valence-corrected chi connectivity index (χ4v) is 3.37. The summed E-state index contributed by atoms with van der Waals surface area (Å²) in [6.45, 7) is 17.9. The standard InChI is InChI=1S/C21H25.C5H5.C3H6.2ClH.Hf/c1-20(2,3)16-7-9-18-14(12-16)11-15-13-17(21(4,5)6)8-10-19(15)18;1-2-4-5-3-1;1-3-2;;;/h7-10,12H,11H2,1-6H3;1-3H,4H2;1-2H3;2*1H;/q2*-1;;;;+2/p-2. The molecule has 0 radical (unpaired) electrons. The third-order valence-electron chi connectivity index (χ3n) is 5.05. The van der Waals surface area contributed by atoms with Gasteiger partial charge >= 0.3 is 41.0 Å². The molecule has 2 aromatic rings. The molecule has 2 aromatic carbocycles. The first-order valence-electron chi connectivity index (χ1n) is 10.8. The van der Waals surface area contributed by atoms with Gasteiger partial charge in [-0.25, -0.2) is 12.2 Å². The number of benzene rings is 2. The van der Waals surface area contributed by atoms with Gasteiger partial charge in [0.05, 0.1) is 0 Å². The molecule has 0 atom stereocenters. The molecule has 0 saturated heterocycles. The minimum Gasteiger partial charge on any atom is -1.00 e. The largest absolute Gasteiger partial charge is 1.00 e. The Morgan fingerprint density at radius 3 is 1.91 bits per heavy atom. The maximum Gasteiger partial charge on any atom is -0.109 e. The van der Waals surface area contributed by atoms with Crippen molar-refractivity contribution in [2.45, 2.75) is 79.1 Å². The van der Waals surface area contributed by atoms with Crippen molar-refractivity contribution in [2.24, 2.45) is 0 Å². The van der Waals surface area contributed by atoms with E-state index in [2.05, 4.69) is 104 Å². The van der Waals surface area contributed by atoms with E-state index in [1.807, 2.05) is 12.2 Å². The summed E-state index contributed by atoms with van der Waals surface area (Å²) in [5.74, 6) is 0. The predicted molar refractivity (Wildman–Crippen MR) is 129 cm³/mol. The van der Waals surface area contributed by atoms with E-state index in [1.54, 1.807) is 3.26 Å². The van der Waals surface area contributed by atoms with Gasteiger partial charge in [-0.1, -0.05) is 65.3 Å². The van der Waals surface area contributed by atoms with Crippen LogP contribution in [-0.4, -0.2) is 3.26 Å². The zero-order valence-corrected chi connectivity index (χ0v) is 25.9. The van der Waals surface area contributed by atoms with E-state index in [9.17, 15) is 0 Å². The van der Waals surface area contributed by atoms with E-state index in [1.165, 1.54) is 57.3 Å². The van der Waals surface area contributed by atoms with Crippen LogP contribution in [0.3, 0.4) is 0 Å². The van der Waals surface area contributed by atoms with Crippen LogP contribution in [0.25, 0.3) is 11.1 Å². The molecule has 3 heteroatoms. The zero-order valence-electron chi connectivity index (χ0n) is 20.8. The van der Waals surface area contributed by atoms with Crippen LogP contribution in [0.4, 0.5) is 0 Å². The Kier molecular flexibility index (Phi) is 12.9. The summed E-state index contributed by atoms with van der Waals surface area (Å²) in [7, 11) is 0. The van der Waals surface area contributed by atoms with Crippen LogP contribution < -0.4 is 24.8 Å². The summed E-state index contributed by atoms with van der Waals surface area (Å²) in [4.78, 5) is 0. The second-order valence-corrected chi connectivity index (χ2v) is 13.9. The normalized spacial score (nSPS) is 12.8. The third kappa shape index (κ3) is 9.24. The van der Waals surface area contributed by atoms with Crippen molar-refractivity contribution in [3.63, 3.8) is 0 Å². The second kappa shape index (κ2) is 13.2. The van der Waals surface area contributed by atoms with E-state index in [0.717, 1.165) is 12.8 Å². The molecule has 32 heavy (non-hydrogen) atoms. The molecule has 0 heterocycles. The molecule has 0 aromatic heterocycles. The van der Waals surface area contributed by atoms with Crippen molar-refractivity contribution >= 4 is 3.26 Å². The van der Waals surface area contributed by atoms with E-state index in [0.29, 0.717) is 0 Å². The van der Waals surface area contributed by atoms with Crippen LogP contribution >= 0.6 is 0 Å². The SMILES string of the molecule is CC(C)(C)c1[c-]c2c(cc1)-c1ccc(C(C)(C)C)cc1C2.C[C](C)=[Hf+2].[C-]1=CC=CC1.[Cl-].[Cl-]. The molecule has 0 unspecified atom stereocenters. The van der Waals surface area contributed by atoms with Crippen LogP contribution in [0, 0.1) is 12.1 Å². The van der Waals surface area contributed by atoms with Gasteiger partial charge < -0.3 is 24.8 Å². The van der Waals surface area contributed by atoms with Crippen molar-refractivity contribution in [1.82, 2.24) is 0 Å². The number of fused-ring (bicyclic) bond motifs is 3. The van der Waals surface area contributed by atoms with Gasteiger partial charge in [0.1, 0.15) is 0 Å². The summed E-state index contributed by atoms with van der Waals surface area (Å²) < 4.78 is 1.56. The molecular formula is C29H36Cl2Hf-2. The van der Waals surface area contributed by atoms with E-state index in [-0.39, 0.29) is 35.6 Å². The summed E-state index contributed by atoms with van der Waals surface area (Å²) in [5.41, 5.74) is 8.70. The summed E-state index contributed by atoms with van der Waals surface area (Å²) in [6, 6.07) is 15.2. The Morgan fingerprint density at radius 2 is 1.47 bits per heavy atom. The first-order valence-corrected chi connectivity index (χ1v) is 12.6. The minimum atomic E-state index is 0. The van der Waals surface area contributed by atoms with Gasteiger partial charge in [-0.3, -0.25) is 6.08 Å². The van der Waals surface area contributed by atoms with Gasteiger partial charge in [-0.05, 0) is 28.4 Å². The number of allylic oxidation sites excluding steroid dienone is 4. The van der Waals surface area contributed by atoms with Crippen molar-refractivity contribution in [3.8, 4) is 11.1 Å². The zero-order chi connectivity index (χ0) is 22.5. The van der Waals surface area contributed by atoms with Crippen LogP contribution in [0.5, 0.6) is 0 Å². The second-order valence-electron chi connectivity index (χ2n) is 10.3. The first kappa shape index (κ1) is 31.2.